The molecule has 0 fully saturated rings. The molecule has 12 heteroatoms. The highest BCUT2D eigenvalue weighted by Gasteiger charge is 2.38. The lowest BCUT2D eigenvalue weighted by Crippen LogP contribution is -2.36. The van der Waals surface area contributed by atoms with Crippen molar-refractivity contribution in [2.75, 3.05) is 13.1 Å². The second kappa shape index (κ2) is 11.4. The Morgan fingerprint density at radius 1 is 1.09 bits per heavy atom. The predicted molar refractivity (Wildman–Crippen MR) is 114 cm³/mol. The molecule has 2 aromatic heterocycles. The first kappa shape index (κ1) is 24.8. The van der Waals surface area contributed by atoms with Gasteiger partial charge in [-0.15, -0.1) is 0 Å². The molecule has 0 aliphatic carbocycles. The van der Waals surface area contributed by atoms with Crippen LogP contribution in [0.1, 0.15) is 21.7 Å². The number of alkyl halides is 3. The molecule has 4 rings (SSSR count). The largest absolute Gasteiger partial charge is 0.490 e. The molecular weight excluding hydrogens is 453 g/mol. The van der Waals surface area contributed by atoms with Gasteiger partial charge in [-0.2, -0.15) is 18.3 Å². The third-order valence-electron chi connectivity index (χ3n) is 4.98. The van der Waals surface area contributed by atoms with Crippen LogP contribution < -0.4 is 5.32 Å². The Bertz CT molecular complexity index is 1080. The number of carbonyl (C=O) groups is 2. The number of rotatable bonds is 5. The highest BCUT2D eigenvalue weighted by Crippen LogP contribution is 2.18. The number of aliphatic carboxylic acids is 1. The van der Waals surface area contributed by atoms with Gasteiger partial charge in [0.1, 0.15) is 5.69 Å². The minimum atomic E-state index is -5.08. The van der Waals surface area contributed by atoms with Crippen LogP contribution in [-0.4, -0.2) is 60.9 Å². The average Bonchev–Trinajstić information content (AvgIpc) is 3.17. The van der Waals surface area contributed by atoms with Gasteiger partial charge in [0, 0.05) is 57.2 Å². The van der Waals surface area contributed by atoms with E-state index in [2.05, 4.69) is 55.6 Å². The van der Waals surface area contributed by atoms with Crippen LogP contribution in [0.2, 0.25) is 0 Å². The molecule has 0 radical (unpaired) electrons. The fraction of sp³-hybridized carbons (Fsp3) is 0.318. The molecule has 3 aromatic rings. The minimum Gasteiger partial charge on any atom is -0.475 e. The van der Waals surface area contributed by atoms with Crippen molar-refractivity contribution in [3.8, 4) is 0 Å². The Hall–Kier alpha value is -3.80. The van der Waals surface area contributed by atoms with Crippen LogP contribution in [-0.2, 0) is 24.4 Å². The summed E-state index contributed by atoms with van der Waals surface area (Å²) >= 11 is 0. The van der Waals surface area contributed by atoms with E-state index in [9.17, 15) is 18.0 Å². The molecule has 2 N–H and O–H groups in total. The normalized spacial score (nSPS) is 15.9. The number of carboxylic acid groups (broad SMARTS) is 1. The number of fused-ring (bicyclic) bond motifs is 1. The Balaban J connectivity index is 0.000000406. The molecule has 3 heterocycles. The zero-order valence-corrected chi connectivity index (χ0v) is 18.0. The van der Waals surface area contributed by atoms with Crippen LogP contribution >= 0.6 is 0 Å². The summed E-state index contributed by atoms with van der Waals surface area (Å²) in [6.07, 6.45) is 1.33. The maximum atomic E-state index is 12.3. The van der Waals surface area contributed by atoms with E-state index in [1.54, 1.807) is 6.20 Å². The first-order chi connectivity index (χ1) is 16.2. The van der Waals surface area contributed by atoms with Gasteiger partial charge in [-0.1, -0.05) is 30.3 Å². The molecule has 0 saturated carbocycles. The molecule has 1 atom stereocenters. The standard InChI is InChI=1S/C20H22N6O.C2HF3O2/c27-20(19-11-21-8-9-22-19)23-10-17-13-25(12-16-4-2-1-3-5-16)15-18-6-7-24-26(18)14-17;3-2(4,5)1(6)7/h1-9,11,17H,10,12-15H2,(H,23,27);(H,6,7). The van der Waals surface area contributed by atoms with Gasteiger partial charge in [0.15, 0.2) is 0 Å². The second-order valence-electron chi connectivity index (χ2n) is 7.63. The number of carboxylic acids is 1. The molecule has 180 valence electrons. The van der Waals surface area contributed by atoms with Crippen molar-refractivity contribution in [1.82, 2.24) is 30.0 Å². The zero-order valence-electron chi connectivity index (χ0n) is 18.0. The van der Waals surface area contributed by atoms with E-state index in [-0.39, 0.29) is 11.8 Å². The van der Waals surface area contributed by atoms with Crippen LogP contribution in [0.5, 0.6) is 0 Å². The smallest absolute Gasteiger partial charge is 0.475 e. The van der Waals surface area contributed by atoms with Crippen molar-refractivity contribution in [3.05, 3.63) is 78.1 Å². The zero-order chi connectivity index (χ0) is 24.6. The molecule has 1 amide bonds. The summed E-state index contributed by atoms with van der Waals surface area (Å²) in [5.41, 5.74) is 2.83. The quantitative estimate of drug-likeness (QED) is 0.581. The summed E-state index contributed by atoms with van der Waals surface area (Å²) in [6, 6.07) is 12.5. The number of aromatic nitrogens is 4. The van der Waals surface area contributed by atoms with Gasteiger partial charge in [-0.3, -0.25) is 19.4 Å². The summed E-state index contributed by atoms with van der Waals surface area (Å²) in [4.78, 5) is 31.6. The number of nitrogens with zero attached hydrogens (tertiary/aromatic N) is 5. The highest BCUT2D eigenvalue weighted by atomic mass is 19.4. The molecule has 1 unspecified atom stereocenters. The van der Waals surface area contributed by atoms with E-state index in [1.165, 1.54) is 23.7 Å². The fourth-order valence-electron chi connectivity index (χ4n) is 3.45. The van der Waals surface area contributed by atoms with Gasteiger partial charge in [0.2, 0.25) is 0 Å². The maximum absolute atomic E-state index is 12.3. The lowest BCUT2D eigenvalue weighted by molar-refractivity contribution is -0.192. The molecule has 1 aliphatic heterocycles. The van der Waals surface area contributed by atoms with Crippen molar-refractivity contribution in [1.29, 1.82) is 0 Å². The van der Waals surface area contributed by atoms with E-state index in [4.69, 9.17) is 9.90 Å². The summed E-state index contributed by atoms with van der Waals surface area (Å²) in [7, 11) is 0. The first-order valence-electron chi connectivity index (χ1n) is 10.3. The molecule has 0 spiro atoms. The number of hydrogen-bond donors (Lipinski definition) is 2. The van der Waals surface area contributed by atoms with Gasteiger partial charge in [0.05, 0.1) is 11.9 Å². The second-order valence-corrected chi connectivity index (χ2v) is 7.63. The average molecular weight is 476 g/mol. The summed E-state index contributed by atoms with van der Waals surface area (Å²) in [6.45, 7) is 3.97. The molecule has 9 nitrogen and oxygen atoms in total. The Morgan fingerprint density at radius 3 is 2.47 bits per heavy atom. The fourth-order valence-corrected chi connectivity index (χ4v) is 3.45. The SMILES string of the molecule is O=C(NCC1CN(Cc2ccccc2)Cc2ccnn2C1)c1cnccn1.O=C(O)C(F)(F)F. The van der Waals surface area contributed by atoms with Crippen molar-refractivity contribution in [2.24, 2.45) is 5.92 Å². The molecular formula is C22H23F3N6O3. The number of halogens is 3. The monoisotopic (exact) mass is 476 g/mol. The van der Waals surface area contributed by atoms with Crippen LogP contribution in [0, 0.1) is 5.92 Å². The summed E-state index contributed by atoms with van der Waals surface area (Å²) in [5, 5.41) is 14.6. The van der Waals surface area contributed by atoms with Crippen molar-refractivity contribution in [2.45, 2.75) is 25.8 Å². The Morgan fingerprint density at radius 2 is 1.82 bits per heavy atom. The number of amides is 1. The van der Waals surface area contributed by atoms with E-state index < -0.39 is 12.1 Å². The highest BCUT2D eigenvalue weighted by molar-refractivity contribution is 5.91. The molecule has 1 aromatic carbocycles. The maximum Gasteiger partial charge on any atom is 0.490 e. The van der Waals surface area contributed by atoms with Crippen LogP contribution in [0.4, 0.5) is 13.2 Å². The molecule has 34 heavy (non-hydrogen) atoms. The number of benzene rings is 1. The van der Waals surface area contributed by atoms with Crippen molar-refractivity contribution >= 4 is 11.9 Å². The van der Waals surface area contributed by atoms with E-state index >= 15 is 0 Å². The number of hydrogen-bond acceptors (Lipinski definition) is 6. The van der Waals surface area contributed by atoms with E-state index in [0.717, 1.165) is 26.2 Å². The van der Waals surface area contributed by atoms with Crippen molar-refractivity contribution in [3.63, 3.8) is 0 Å². The van der Waals surface area contributed by atoms with E-state index in [1.807, 2.05) is 16.9 Å². The molecule has 0 bridgehead atoms. The lowest BCUT2D eigenvalue weighted by atomic mass is 10.1. The van der Waals surface area contributed by atoms with Crippen molar-refractivity contribution < 1.29 is 27.9 Å². The van der Waals surface area contributed by atoms with Gasteiger partial charge >= 0.3 is 12.1 Å². The Kier molecular flexibility index (Phi) is 8.30. The summed E-state index contributed by atoms with van der Waals surface area (Å²) in [5.74, 6) is -2.69. The number of carbonyl (C=O) groups excluding carboxylic acids is 1. The third-order valence-corrected chi connectivity index (χ3v) is 4.98. The lowest BCUT2D eigenvalue weighted by Gasteiger charge is -2.24. The van der Waals surface area contributed by atoms with Gasteiger partial charge in [0.25, 0.3) is 5.91 Å². The molecule has 1 aliphatic rings. The minimum absolute atomic E-state index is 0.192. The van der Waals surface area contributed by atoms with Crippen LogP contribution in [0.15, 0.2) is 61.2 Å². The van der Waals surface area contributed by atoms with Gasteiger partial charge in [-0.25, -0.2) is 9.78 Å². The van der Waals surface area contributed by atoms with Crippen LogP contribution in [0.3, 0.4) is 0 Å². The Labute approximate surface area is 193 Å². The number of nitrogens with one attached hydrogen (secondary N) is 1. The van der Waals surface area contributed by atoms with Crippen LogP contribution in [0.25, 0.3) is 0 Å². The van der Waals surface area contributed by atoms with Gasteiger partial charge < -0.3 is 10.4 Å². The van der Waals surface area contributed by atoms with Gasteiger partial charge in [-0.05, 0) is 11.6 Å². The topological polar surface area (TPSA) is 113 Å². The predicted octanol–water partition coefficient (Wildman–Crippen LogP) is 2.37. The first-order valence-corrected chi connectivity index (χ1v) is 10.3. The molecule has 0 saturated heterocycles. The van der Waals surface area contributed by atoms with E-state index in [0.29, 0.717) is 12.2 Å². The third kappa shape index (κ3) is 7.37. The summed E-state index contributed by atoms with van der Waals surface area (Å²) < 4.78 is 33.8.